The fourth-order valence-corrected chi connectivity index (χ4v) is 2.39. The Morgan fingerprint density at radius 3 is 2.43 bits per heavy atom. The Hall–Kier alpha value is -1.44. The molecule has 0 unspecified atom stereocenters. The lowest BCUT2D eigenvalue weighted by atomic mass is 10.0. The minimum absolute atomic E-state index is 0.0355. The van der Waals surface area contributed by atoms with Crippen molar-refractivity contribution in [2.24, 2.45) is 0 Å². The summed E-state index contributed by atoms with van der Waals surface area (Å²) in [6, 6.07) is 8.03. The summed E-state index contributed by atoms with van der Waals surface area (Å²) >= 11 is 0. The average Bonchev–Trinajstić information content (AvgIpc) is 2.37. The second-order valence-electron chi connectivity index (χ2n) is 5.23. The summed E-state index contributed by atoms with van der Waals surface area (Å²) in [4.78, 5) is 13.7. The minimum Gasteiger partial charge on any atom is -0.353 e. The van der Waals surface area contributed by atoms with Crippen molar-refractivity contribution in [3.8, 4) is 0 Å². The van der Waals surface area contributed by atoms with E-state index in [9.17, 15) is 13.2 Å². The highest BCUT2D eigenvalue weighted by atomic mass is 32.2. The summed E-state index contributed by atoms with van der Waals surface area (Å²) in [5.74, 6) is -0.346. The van der Waals surface area contributed by atoms with E-state index in [2.05, 4.69) is 10.0 Å². The van der Waals surface area contributed by atoms with Crippen LogP contribution in [0.15, 0.2) is 24.3 Å². The molecule has 0 aliphatic rings. The molecule has 1 aromatic carbocycles. The Balaban J connectivity index is 2.65. The predicted molar refractivity (Wildman–Crippen MR) is 83.5 cm³/mol. The van der Waals surface area contributed by atoms with E-state index >= 15 is 0 Å². The molecule has 0 spiro atoms. The number of carbonyl (C=O) groups excluding carboxylic acids is 1. The molecule has 21 heavy (non-hydrogen) atoms. The molecule has 0 aliphatic heterocycles. The van der Waals surface area contributed by atoms with Crippen LogP contribution >= 0.6 is 0 Å². The Kier molecular flexibility index (Phi) is 6.32. The third-order valence-corrected chi connectivity index (χ3v) is 3.83. The molecule has 1 rings (SSSR count). The van der Waals surface area contributed by atoms with Gasteiger partial charge in [-0.2, -0.15) is 0 Å². The van der Waals surface area contributed by atoms with Gasteiger partial charge in [0.2, 0.25) is 15.9 Å². The van der Waals surface area contributed by atoms with Gasteiger partial charge in [-0.05, 0) is 32.1 Å². The van der Waals surface area contributed by atoms with E-state index in [1.54, 1.807) is 0 Å². The number of amides is 1. The lowest BCUT2D eigenvalue weighted by Crippen LogP contribution is -2.40. The van der Waals surface area contributed by atoms with Crippen molar-refractivity contribution >= 4 is 15.9 Å². The van der Waals surface area contributed by atoms with E-state index in [0.717, 1.165) is 17.4 Å². The highest BCUT2D eigenvalue weighted by Crippen LogP contribution is 2.20. The third kappa shape index (κ3) is 6.24. The van der Waals surface area contributed by atoms with Crippen molar-refractivity contribution in [1.29, 1.82) is 0 Å². The number of nitrogens with zero attached hydrogens (tertiary/aromatic N) is 1. The first-order chi connectivity index (χ1) is 9.70. The first-order valence-electron chi connectivity index (χ1n) is 6.64. The van der Waals surface area contributed by atoms with E-state index in [1.807, 2.05) is 50.2 Å². The fourth-order valence-electron chi connectivity index (χ4n) is 2.00. The van der Waals surface area contributed by atoms with Crippen LogP contribution < -0.4 is 10.0 Å². The summed E-state index contributed by atoms with van der Waals surface area (Å²) in [5, 5.41) is 2.75. The van der Waals surface area contributed by atoms with Crippen molar-refractivity contribution < 1.29 is 13.2 Å². The monoisotopic (exact) mass is 313 g/mol. The number of carbonyl (C=O) groups is 1. The van der Waals surface area contributed by atoms with Crippen molar-refractivity contribution in [1.82, 2.24) is 14.9 Å². The van der Waals surface area contributed by atoms with Crippen LogP contribution in [0.2, 0.25) is 0 Å². The number of benzene rings is 1. The van der Waals surface area contributed by atoms with Gasteiger partial charge < -0.3 is 10.2 Å². The van der Waals surface area contributed by atoms with Crippen LogP contribution in [0.4, 0.5) is 0 Å². The van der Waals surface area contributed by atoms with E-state index in [-0.39, 0.29) is 18.5 Å². The molecule has 0 heterocycles. The second kappa shape index (κ2) is 7.53. The van der Waals surface area contributed by atoms with Crippen LogP contribution in [0.1, 0.15) is 17.2 Å². The van der Waals surface area contributed by atoms with Gasteiger partial charge in [0, 0.05) is 6.54 Å². The van der Waals surface area contributed by atoms with Gasteiger partial charge in [-0.3, -0.25) is 4.79 Å². The van der Waals surface area contributed by atoms with Crippen molar-refractivity contribution in [2.45, 2.75) is 13.0 Å². The highest BCUT2D eigenvalue weighted by molar-refractivity contribution is 7.88. The largest absolute Gasteiger partial charge is 0.353 e. The van der Waals surface area contributed by atoms with Gasteiger partial charge in [-0.25, -0.2) is 13.1 Å². The molecule has 1 aromatic rings. The summed E-state index contributed by atoms with van der Waals surface area (Å²) in [7, 11) is 0.531. The van der Waals surface area contributed by atoms with Crippen LogP contribution in [0.3, 0.4) is 0 Å². The van der Waals surface area contributed by atoms with E-state index in [0.29, 0.717) is 6.54 Å². The van der Waals surface area contributed by atoms with Crippen molar-refractivity contribution in [3.63, 3.8) is 0 Å². The Morgan fingerprint density at radius 2 is 1.90 bits per heavy atom. The zero-order chi connectivity index (χ0) is 16.0. The minimum atomic E-state index is -3.35. The summed E-state index contributed by atoms with van der Waals surface area (Å²) in [6.07, 6.45) is 1.02. The standard InChI is InChI=1S/C14H23N3O3S/c1-11-7-5-6-8-12(11)13(17(2)3)9-15-14(18)10-16-21(4,19)20/h5-8,13,16H,9-10H2,1-4H3,(H,15,18)/t13-/m0/s1. The van der Waals surface area contributed by atoms with Gasteiger partial charge in [-0.15, -0.1) is 0 Å². The maximum atomic E-state index is 11.7. The molecule has 0 saturated heterocycles. The molecule has 118 valence electrons. The van der Waals surface area contributed by atoms with Crippen LogP contribution in [-0.2, 0) is 14.8 Å². The molecular formula is C14H23N3O3S. The molecule has 0 fully saturated rings. The van der Waals surface area contributed by atoms with E-state index in [4.69, 9.17) is 0 Å². The Labute approximate surface area is 126 Å². The number of hydrogen-bond donors (Lipinski definition) is 2. The SMILES string of the molecule is Cc1ccccc1[C@H](CNC(=O)CNS(C)(=O)=O)N(C)C. The number of rotatable bonds is 7. The van der Waals surface area contributed by atoms with Gasteiger partial charge in [0.05, 0.1) is 18.8 Å². The summed E-state index contributed by atoms with van der Waals surface area (Å²) in [5.41, 5.74) is 2.29. The number of aryl methyl sites for hydroxylation is 1. The van der Waals surface area contributed by atoms with Gasteiger partial charge in [0.1, 0.15) is 0 Å². The van der Waals surface area contributed by atoms with Crippen LogP contribution in [0.25, 0.3) is 0 Å². The Bertz CT molecular complexity index is 585. The predicted octanol–water partition coefficient (Wildman–Crippen LogP) is 0.263. The molecule has 0 aliphatic carbocycles. The molecule has 1 atom stereocenters. The summed E-state index contributed by atoms with van der Waals surface area (Å²) < 4.78 is 24.1. The van der Waals surface area contributed by atoms with Crippen molar-refractivity contribution in [3.05, 3.63) is 35.4 Å². The molecule has 0 aromatic heterocycles. The summed E-state index contributed by atoms with van der Waals surface area (Å²) in [6.45, 7) is 2.20. The topological polar surface area (TPSA) is 78.5 Å². The molecule has 2 N–H and O–H groups in total. The van der Waals surface area contributed by atoms with E-state index in [1.165, 1.54) is 0 Å². The van der Waals surface area contributed by atoms with Crippen LogP contribution in [0, 0.1) is 6.92 Å². The normalized spacial score (nSPS) is 13.2. The third-order valence-electron chi connectivity index (χ3n) is 3.16. The molecule has 0 radical (unpaired) electrons. The first kappa shape index (κ1) is 17.6. The molecule has 7 heteroatoms. The molecule has 6 nitrogen and oxygen atoms in total. The quantitative estimate of drug-likeness (QED) is 0.757. The fraction of sp³-hybridized carbons (Fsp3) is 0.500. The number of nitrogens with one attached hydrogen (secondary N) is 2. The number of hydrogen-bond acceptors (Lipinski definition) is 4. The maximum Gasteiger partial charge on any atom is 0.235 e. The van der Waals surface area contributed by atoms with Gasteiger partial charge in [0.15, 0.2) is 0 Å². The van der Waals surface area contributed by atoms with Crippen molar-refractivity contribution in [2.75, 3.05) is 33.4 Å². The zero-order valence-electron chi connectivity index (χ0n) is 12.9. The molecule has 1 amide bonds. The number of sulfonamides is 1. The van der Waals surface area contributed by atoms with Crippen LogP contribution in [0.5, 0.6) is 0 Å². The molecule has 0 bridgehead atoms. The van der Waals surface area contributed by atoms with Crippen LogP contribution in [-0.4, -0.2) is 52.7 Å². The van der Waals surface area contributed by atoms with Gasteiger partial charge in [-0.1, -0.05) is 24.3 Å². The Morgan fingerprint density at radius 1 is 1.29 bits per heavy atom. The second-order valence-corrected chi connectivity index (χ2v) is 7.07. The average molecular weight is 313 g/mol. The molecular weight excluding hydrogens is 290 g/mol. The first-order valence-corrected chi connectivity index (χ1v) is 8.53. The zero-order valence-corrected chi connectivity index (χ0v) is 13.7. The maximum absolute atomic E-state index is 11.7. The molecule has 0 saturated carbocycles. The van der Waals surface area contributed by atoms with E-state index < -0.39 is 10.0 Å². The lowest BCUT2D eigenvalue weighted by molar-refractivity contribution is -0.120. The lowest BCUT2D eigenvalue weighted by Gasteiger charge is -2.26. The van der Waals surface area contributed by atoms with Gasteiger partial charge >= 0.3 is 0 Å². The smallest absolute Gasteiger partial charge is 0.235 e. The highest BCUT2D eigenvalue weighted by Gasteiger charge is 2.17. The number of likely N-dealkylation sites (N-methyl/N-ethyl adjacent to an activating group) is 1. The van der Waals surface area contributed by atoms with Gasteiger partial charge in [0.25, 0.3) is 0 Å².